The highest BCUT2D eigenvalue weighted by Gasteiger charge is 2.28. The Balaban J connectivity index is 1.41. The summed E-state index contributed by atoms with van der Waals surface area (Å²) in [6.45, 7) is 2.07. The molecule has 7 nitrogen and oxygen atoms in total. The summed E-state index contributed by atoms with van der Waals surface area (Å²) < 4.78 is 10.8. The number of hydrogen-bond donors (Lipinski definition) is 1. The number of fused-ring (bicyclic) bond motifs is 1. The first kappa shape index (κ1) is 19.7. The molecule has 0 bridgehead atoms. The van der Waals surface area contributed by atoms with Crippen molar-refractivity contribution in [1.82, 2.24) is 10.2 Å². The van der Waals surface area contributed by atoms with Gasteiger partial charge < -0.3 is 14.5 Å². The molecule has 3 aromatic rings. The molecule has 2 aromatic heterocycles. The lowest BCUT2D eigenvalue weighted by Crippen LogP contribution is -2.16. The fourth-order valence-electron chi connectivity index (χ4n) is 3.17. The first-order valence-corrected chi connectivity index (χ1v) is 11.1. The van der Waals surface area contributed by atoms with Crippen LogP contribution >= 0.6 is 23.1 Å². The Morgan fingerprint density at radius 3 is 2.86 bits per heavy atom. The molecule has 150 valence electrons. The number of thiophene rings is 1. The molecule has 29 heavy (non-hydrogen) atoms. The maximum Gasteiger partial charge on any atom is 0.341 e. The van der Waals surface area contributed by atoms with Gasteiger partial charge in [0.05, 0.1) is 17.9 Å². The van der Waals surface area contributed by atoms with E-state index in [1.165, 1.54) is 11.3 Å². The van der Waals surface area contributed by atoms with E-state index >= 15 is 0 Å². The molecule has 1 aromatic carbocycles. The number of hydrogen-bond acceptors (Lipinski definition) is 8. The Bertz CT molecular complexity index is 1030. The number of anilines is 1. The van der Waals surface area contributed by atoms with E-state index in [-0.39, 0.29) is 17.6 Å². The number of aromatic nitrogens is 2. The van der Waals surface area contributed by atoms with Gasteiger partial charge in [-0.1, -0.05) is 30.0 Å². The number of thioether (sulfide) groups is 1. The fourth-order valence-corrected chi connectivity index (χ4v) is 5.02. The summed E-state index contributed by atoms with van der Waals surface area (Å²) in [7, 11) is 0. The van der Waals surface area contributed by atoms with Gasteiger partial charge in [0.15, 0.2) is 0 Å². The maximum absolute atomic E-state index is 12.5. The zero-order valence-corrected chi connectivity index (χ0v) is 17.4. The number of ether oxygens (including phenoxy) is 1. The highest BCUT2D eigenvalue weighted by molar-refractivity contribution is 7.99. The number of rotatable bonds is 7. The van der Waals surface area contributed by atoms with Crippen LogP contribution in [-0.4, -0.2) is 34.4 Å². The molecule has 0 saturated heterocycles. The molecule has 0 fully saturated rings. The van der Waals surface area contributed by atoms with Gasteiger partial charge in [0.1, 0.15) is 5.00 Å². The second kappa shape index (κ2) is 8.79. The van der Waals surface area contributed by atoms with Gasteiger partial charge >= 0.3 is 5.97 Å². The van der Waals surface area contributed by atoms with E-state index in [1.54, 1.807) is 6.92 Å². The molecule has 0 saturated carbocycles. The van der Waals surface area contributed by atoms with Crippen molar-refractivity contribution in [3.63, 3.8) is 0 Å². The van der Waals surface area contributed by atoms with E-state index in [2.05, 4.69) is 15.5 Å². The summed E-state index contributed by atoms with van der Waals surface area (Å²) >= 11 is 2.62. The van der Waals surface area contributed by atoms with Crippen LogP contribution in [0.3, 0.4) is 0 Å². The molecular weight excluding hydrogens is 410 g/mol. The van der Waals surface area contributed by atoms with Gasteiger partial charge in [-0.2, -0.15) is 0 Å². The molecule has 0 unspecified atom stereocenters. The van der Waals surface area contributed by atoms with Crippen LogP contribution in [0.1, 0.15) is 34.1 Å². The first-order chi connectivity index (χ1) is 14.2. The second-order valence-corrected chi connectivity index (χ2v) is 8.39. The first-order valence-electron chi connectivity index (χ1n) is 9.29. The lowest BCUT2D eigenvalue weighted by atomic mass is 10.1. The van der Waals surface area contributed by atoms with Gasteiger partial charge in [-0.15, -0.1) is 21.5 Å². The van der Waals surface area contributed by atoms with Crippen molar-refractivity contribution >= 4 is 40.0 Å². The van der Waals surface area contributed by atoms with Crippen molar-refractivity contribution < 1.29 is 18.7 Å². The van der Waals surface area contributed by atoms with Gasteiger partial charge in [0, 0.05) is 10.4 Å². The van der Waals surface area contributed by atoms with Gasteiger partial charge in [-0.3, -0.25) is 4.79 Å². The van der Waals surface area contributed by atoms with Crippen molar-refractivity contribution in [1.29, 1.82) is 0 Å². The molecule has 0 aliphatic heterocycles. The molecule has 1 N–H and O–H groups in total. The largest absolute Gasteiger partial charge is 0.462 e. The van der Waals surface area contributed by atoms with Gasteiger partial charge in [0.25, 0.3) is 5.22 Å². The quantitative estimate of drug-likeness (QED) is 0.444. The Labute approximate surface area is 175 Å². The number of esters is 1. The molecule has 0 atom stereocenters. The van der Waals surface area contributed by atoms with E-state index in [0.29, 0.717) is 28.3 Å². The van der Waals surface area contributed by atoms with E-state index in [9.17, 15) is 9.59 Å². The number of nitrogens with one attached hydrogen (secondary N) is 1. The van der Waals surface area contributed by atoms with Crippen LogP contribution in [0.5, 0.6) is 0 Å². The van der Waals surface area contributed by atoms with Crippen molar-refractivity contribution in [2.75, 3.05) is 17.7 Å². The Hall–Kier alpha value is -2.65. The Morgan fingerprint density at radius 2 is 2.07 bits per heavy atom. The second-order valence-electron chi connectivity index (χ2n) is 6.36. The summed E-state index contributed by atoms with van der Waals surface area (Å²) in [5.74, 6) is -0.103. The Morgan fingerprint density at radius 1 is 1.24 bits per heavy atom. The van der Waals surface area contributed by atoms with Crippen LogP contribution in [0.2, 0.25) is 0 Å². The predicted molar refractivity (Wildman–Crippen MR) is 111 cm³/mol. The number of carbonyl (C=O) groups is 2. The summed E-state index contributed by atoms with van der Waals surface area (Å²) in [5.41, 5.74) is 2.34. The van der Waals surface area contributed by atoms with Crippen molar-refractivity contribution in [2.24, 2.45) is 0 Å². The minimum absolute atomic E-state index is 0.0985. The normalized spacial score (nSPS) is 12.6. The van der Waals surface area contributed by atoms with E-state index in [1.807, 2.05) is 30.3 Å². The highest BCUT2D eigenvalue weighted by Crippen LogP contribution is 2.39. The van der Waals surface area contributed by atoms with Gasteiger partial charge in [-0.05, 0) is 43.9 Å². The summed E-state index contributed by atoms with van der Waals surface area (Å²) in [6.07, 6.45) is 2.80. The fraction of sp³-hybridized carbons (Fsp3) is 0.300. The average molecular weight is 430 g/mol. The maximum atomic E-state index is 12.5. The van der Waals surface area contributed by atoms with E-state index in [0.717, 1.165) is 47.0 Å². The smallest absolute Gasteiger partial charge is 0.341 e. The Kier molecular flexibility index (Phi) is 5.96. The third kappa shape index (κ3) is 4.35. The number of benzene rings is 1. The molecule has 1 aliphatic carbocycles. The van der Waals surface area contributed by atoms with Crippen molar-refractivity contribution in [3.05, 3.63) is 46.3 Å². The summed E-state index contributed by atoms with van der Waals surface area (Å²) in [5, 5.41) is 11.7. The minimum atomic E-state index is -0.376. The molecule has 0 spiro atoms. The topological polar surface area (TPSA) is 94.3 Å². The van der Waals surface area contributed by atoms with Crippen LogP contribution in [0.4, 0.5) is 5.00 Å². The third-order valence-corrected chi connectivity index (χ3v) is 6.43. The number of amides is 1. The lowest BCUT2D eigenvalue weighted by Gasteiger charge is -2.07. The number of aryl methyl sites for hydroxylation is 1. The van der Waals surface area contributed by atoms with Crippen LogP contribution in [-0.2, 0) is 22.4 Å². The molecule has 9 heteroatoms. The number of nitrogens with zero attached hydrogens (tertiary/aromatic N) is 2. The van der Waals surface area contributed by atoms with E-state index in [4.69, 9.17) is 9.15 Å². The SMILES string of the molecule is CCOC(=O)c1c(NC(=O)CSc2nnc(-c3ccccc3)o2)sc2c1CCC2. The van der Waals surface area contributed by atoms with Crippen molar-refractivity contribution in [3.8, 4) is 11.5 Å². The summed E-state index contributed by atoms with van der Waals surface area (Å²) in [4.78, 5) is 26.0. The number of carbonyl (C=O) groups excluding carboxylic acids is 2. The summed E-state index contributed by atoms with van der Waals surface area (Å²) in [6, 6.07) is 9.44. The van der Waals surface area contributed by atoms with Gasteiger partial charge in [-0.25, -0.2) is 4.79 Å². The molecule has 2 heterocycles. The van der Waals surface area contributed by atoms with Crippen LogP contribution in [0.15, 0.2) is 40.0 Å². The zero-order chi connectivity index (χ0) is 20.2. The minimum Gasteiger partial charge on any atom is -0.462 e. The zero-order valence-electron chi connectivity index (χ0n) is 15.8. The van der Waals surface area contributed by atoms with Crippen LogP contribution in [0.25, 0.3) is 11.5 Å². The monoisotopic (exact) mass is 429 g/mol. The third-order valence-electron chi connectivity index (χ3n) is 4.41. The lowest BCUT2D eigenvalue weighted by molar-refractivity contribution is -0.113. The van der Waals surface area contributed by atoms with Gasteiger partial charge in [0.2, 0.25) is 11.8 Å². The molecule has 1 aliphatic rings. The van der Waals surface area contributed by atoms with E-state index < -0.39 is 0 Å². The highest BCUT2D eigenvalue weighted by atomic mass is 32.2. The van der Waals surface area contributed by atoms with Crippen LogP contribution < -0.4 is 5.32 Å². The molecule has 4 rings (SSSR count). The molecular formula is C20H19N3O4S2. The average Bonchev–Trinajstić information content (AvgIpc) is 3.43. The standard InChI is InChI=1S/C20H19N3O4S2/c1-2-26-19(25)16-13-9-6-10-14(13)29-18(16)21-15(24)11-28-20-23-22-17(27-20)12-7-4-3-5-8-12/h3-5,7-8H,2,6,9-11H2,1H3,(H,21,24). The van der Waals surface area contributed by atoms with Crippen molar-refractivity contribution in [2.45, 2.75) is 31.4 Å². The predicted octanol–water partition coefficient (Wildman–Crippen LogP) is 4.19. The van der Waals surface area contributed by atoms with Crippen LogP contribution in [0, 0.1) is 0 Å². The molecule has 0 radical (unpaired) electrons. The molecule has 1 amide bonds.